The highest BCUT2D eigenvalue weighted by atomic mass is 16.5. The summed E-state index contributed by atoms with van der Waals surface area (Å²) in [5.74, 6) is 2.46. The molecule has 2 saturated heterocycles. The molecule has 2 amide bonds. The molecule has 2 fully saturated rings. The predicted octanol–water partition coefficient (Wildman–Crippen LogP) is 2.35. The maximum Gasteiger partial charge on any atom is 0.254 e. The van der Waals surface area contributed by atoms with Gasteiger partial charge in [0.25, 0.3) is 5.91 Å². The molecule has 1 aromatic rings. The van der Waals surface area contributed by atoms with Crippen molar-refractivity contribution in [2.75, 3.05) is 53.5 Å². The van der Waals surface area contributed by atoms with Crippen LogP contribution in [-0.4, -0.2) is 86.0 Å². The second kappa shape index (κ2) is 9.69. The van der Waals surface area contributed by atoms with Gasteiger partial charge in [-0.1, -0.05) is 13.8 Å². The second-order valence-electron chi connectivity index (χ2n) is 8.76. The van der Waals surface area contributed by atoms with Crippen molar-refractivity contribution in [3.8, 4) is 11.5 Å². The molecule has 2 heterocycles. The monoisotopic (exact) mass is 417 g/mol. The highest BCUT2D eigenvalue weighted by Crippen LogP contribution is 2.28. The first-order valence-electron chi connectivity index (χ1n) is 10.9. The van der Waals surface area contributed by atoms with Crippen molar-refractivity contribution in [2.24, 2.45) is 11.8 Å². The molecule has 2 aliphatic rings. The Labute approximate surface area is 179 Å². The van der Waals surface area contributed by atoms with Gasteiger partial charge in [0.05, 0.1) is 20.3 Å². The molecule has 3 unspecified atom stereocenters. The van der Waals surface area contributed by atoms with Crippen LogP contribution in [0.3, 0.4) is 0 Å². The average Bonchev–Trinajstić information content (AvgIpc) is 2.76. The Bertz CT molecular complexity index is 751. The van der Waals surface area contributed by atoms with Crippen molar-refractivity contribution < 1.29 is 19.1 Å². The van der Waals surface area contributed by atoms with E-state index in [1.165, 1.54) is 6.42 Å². The lowest BCUT2D eigenvalue weighted by atomic mass is 9.91. The molecule has 0 aromatic heterocycles. The highest BCUT2D eigenvalue weighted by molar-refractivity contribution is 5.95. The van der Waals surface area contributed by atoms with Crippen molar-refractivity contribution in [1.82, 2.24) is 14.7 Å². The van der Waals surface area contributed by atoms with Crippen molar-refractivity contribution >= 4 is 11.8 Å². The molecule has 3 atom stereocenters. The van der Waals surface area contributed by atoms with Crippen LogP contribution < -0.4 is 9.47 Å². The van der Waals surface area contributed by atoms with E-state index in [9.17, 15) is 9.59 Å². The van der Waals surface area contributed by atoms with E-state index < -0.39 is 0 Å². The summed E-state index contributed by atoms with van der Waals surface area (Å²) in [5.41, 5.74) is 0.585. The largest absolute Gasteiger partial charge is 0.493 e. The summed E-state index contributed by atoms with van der Waals surface area (Å²) in [6.07, 6.45) is 1.19. The summed E-state index contributed by atoms with van der Waals surface area (Å²) in [6.45, 7) is 10.8. The minimum absolute atomic E-state index is 0.0201. The number of carbonyl (C=O) groups is 2. The lowest BCUT2D eigenvalue weighted by Crippen LogP contribution is -2.56. The van der Waals surface area contributed by atoms with E-state index in [0.717, 1.165) is 13.1 Å². The van der Waals surface area contributed by atoms with E-state index in [2.05, 4.69) is 18.7 Å². The Hall–Kier alpha value is -2.28. The fourth-order valence-corrected chi connectivity index (χ4v) is 4.73. The fourth-order valence-electron chi connectivity index (χ4n) is 4.73. The minimum atomic E-state index is -0.152. The number of benzene rings is 1. The number of piperazine rings is 1. The average molecular weight is 418 g/mol. The summed E-state index contributed by atoms with van der Waals surface area (Å²) in [4.78, 5) is 32.0. The van der Waals surface area contributed by atoms with Crippen molar-refractivity contribution in [2.45, 2.75) is 33.2 Å². The molecule has 30 heavy (non-hydrogen) atoms. The molecule has 0 aliphatic carbocycles. The van der Waals surface area contributed by atoms with E-state index >= 15 is 0 Å². The normalized spacial score (nSPS) is 23.8. The summed E-state index contributed by atoms with van der Waals surface area (Å²) in [6, 6.07) is 5.09. The van der Waals surface area contributed by atoms with Gasteiger partial charge < -0.3 is 19.3 Å². The van der Waals surface area contributed by atoms with Crippen LogP contribution in [0.25, 0.3) is 0 Å². The number of carbonyl (C=O) groups excluding carboxylic acids is 2. The summed E-state index contributed by atoms with van der Waals surface area (Å²) in [5, 5.41) is 0. The molecule has 7 nitrogen and oxygen atoms in total. The quantitative estimate of drug-likeness (QED) is 0.736. The van der Waals surface area contributed by atoms with Gasteiger partial charge in [-0.05, 0) is 43.4 Å². The lowest BCUT2D eigenvalue weighted by molar-refractivity contribution is -0.139. The third-order valence-electron chi connectivity index (χ3n) is 6.32. The number of ether oxygens (including phenoxy) is 2. The van der Waals surface area contributed by atoms with E-state index in [-0.39, 0.29) is 17.9 Å². The van der Waals surface area contributed by atoms with E-state index in [0.29, 0.717) is 55.1 Å². The van der Waals surface area contributed by atoms with Crippen LogP contribution in [0.15, 0.2) is 18.2 Å². The summed E-state index contributed by atoms with van der Waals surface area (Å²) < 4.78 is 10.6. The first-order chi connectivity index (χ1) is 14.3. The molecule has 0 radical (unpaired) electrons. The van der Waals surface area contributed by atoms with E-state index in [4.69, 9.17) is 9.47 Å². The number of methoxy groups -OCH3 is 2. The van der Waals surface area contributed by atoms with Crippen LogP contribution in [0.4, 0.5) is 0 Å². The standard InChI is InChI=1S/C23H35N3O4/c1-16-12-17(2)15-26(14-16)22(27)18(3)24-8-10-25(11-9-24)23(28)19-6-7-20(29-4)21(13-19)30-5/h6-7,13,16-18H,8-12,14-15H2,1-5H3. The van der Waals surface area contributed by atoms with Crippen LogP contribution in [0.1, 0.15) is 37.6 Å². The van der Waals surface area contributed by atoms with Crippen molar-refractivity contribution in [1.29, 1.82) is 0 Å². The molecule has 0 saturated carbocycles. The van der Waals surface area contributed by atoms with E-state index in [1.54, 1.807) is 32.4 Å². The van der Waals surface area contributed by atoms with Gasteiger partial charge in [-0.25, -0.2) is 0 Å². The van der Waals surface area contributed by atoms with Crippen LogP contribution in [0.5, 0.6) is 11.5 Å². The molecule has 3 rings (SSSR count). The molecule has 1 aromatic carbocycles. The number of hydrogen-bond donors (Lipinski definition) is 0. The summed E-state index contributed by atoms with van der Waals surface area (Å²) >= 11 is 0. The van der Waals surface area contributed by atoms with Gasteiger partial charge >= 0.3 is 0 Å². The zero-order valence-corrected chi connectivity index (χ0v) is 18.9. The maximum absolute atomic E-state index is 13.0. The van der Waals surface area contributed by atoms with Gasteiger partial charge in [0.2, 0.25) is 5.91 Å². The van der Waals surface area contributed by atoms with Gasteiger partial charge in [-0.2, -0.15) is 0 Å². The van der Waals surface area contributed by atoms with Gasteiger partial charge in [-0.15, -0.1) is 0 Å². The Kier molecular flexibility index (Phi) is 7.23. The minimum Gasteiger partial charge on any atom is -0.493 e. The Morgan fingerprint density at radius 2 is 1.53 bits per heavy atom. The topological polar surface area (TPSA) is 62.3 Å². The first kappa shape index (κ1) is 22.4. The Balaban J connectivity index is 1.57. The Morgan fingerprint density at radius 3 is 2.10 bits per heavy atom. The van der Waals surface area contributed by atoms with Crippen LogP contribution >= 0.6 is 0 Å². The number of likely N-dealkylation sites (tertiary alicyclic amines) is 1. The van der Waals surface area contributed by atoms with Crippen molar-refractivity contribution in [3.05, 3.63) is 23.8 Å². The van der Waals surface area contributed by atoms with Gasteiger partial charge in [-0.3, -0.25) is 14.5 Å². The smallest absolute Gasteiger partial charge is 0.254 e. The third-order valence-corrected chi connectivity index (χ3v) is 6.32. The van der Waals surface area contributed by atoms with Crippen LogP contribution in [0.2, 0.25) is 0 Å². The van der Waals surface area contributed by atoms with Gasteiger partial charge in [0, 0.05) is 44.8 Å². The molecule has 0 spiro atoms. The van der Waals surface area contributed by atoms with Crippen LogP contribution in [0, 0.1) is 11.8 Å². The molecule has 2 aliphatic heterocycles. The van der Waals surface area contributed by atoms with Crippen LogP contribution in [-0.2, 0) is 4.79 Å². The van der Waals surface area contributed by atoms with E-state index in [1.807, 2.05) is 16.7 Å². The lowest BCUT2D eigenvalue weighted by Gasteiger charge is -2.41. The molecule has 166 valence electrons. The highest BCUT2D eigenvalue weighted by Gasteiger charge is 2.33. The molecular formula is C23H35N3O4. The van der Waals surface area contributed by atoms with Gasteiger partial charge in [0.1, 0.15) is 0 Å². The second-order valence-corrected chi connectivity index (χ2v) is 8.76. The third kappa shape index (κ3) is 4.89. The number of amides is 2. The number of nitrogens with zero attached hydrogens (tertiary/aromatic N) is 3. The molecular weight excluding hydrogens is 382 g/mol. The number of piperidine rings is 1. The van der Waals surface area contributed by atoms with Gasteiger partial charge in [0.15, 0.2) is 11.5 Å². The zero-order valence-electron chi connectivity index (χ0n) is 18.9. The maximum atomic E-state index is 13.0. The predicted molar refractivity (Wildman–Crippen MR) is 116 cm³/mol. The molecule has 0 bridgehead atoms. The molecule has 0 N–H and O–H groups in total. The zero-order chi connectivity index (χ0) is 21.8. The number of rotatable bonds is 5. The van der Waals surface area contributed by atoms with Crippen molar-refractivity contribution in [3.63, 3.8) is 0 Å². The number of hydrogen-bond acceptors (Lipinski definition) is 5. The molecule has 7 heteroatoms. The Morgan fingerprint density at radius 1 is 0.933 bits per heavy atom. The first-order valence-corrected chi connectivity index (χ1v) is 10.9. The SMILES string of the molecule is COc1ccc(C(=O)N2CCN(C(C)C(=O)N3CC(C)CC(C)C3)CC2)cc1OC. The summed E-state index contributed by atoms with van der Waals surface area (Å²) in [7, 11) is 3.14. The fraction of sp³-hybridized carbons (Fsp3) is 0.652.